The molecule has 0 spiro atoms. The maximum atomic E-state index is 12.2. The van der Waals surface area contributed by atoms with Gasteiger partial charge in [-0.1, -0.05) is 36.4 Å². The zero-order valence-corrected chi connectivity index (χ0v) is 14.4. The molecule has 27 heavy (non-hydrogen) atoms. The number of anilines is 1. The van der Waals surface area contributed by atoms with E-state index in [4.69, 9.17) is 14.2 Å². The average molecular weight is 363 g/mol. The van der Waals surface area contributed by atoms with Gasteiger partial charge in [0.1, 0.15) is 13.2 Å². The summed E-state index contributed by atoms with van der Waals surface area (Å²) in [5, 5.41) is 4.72. The van der Waals surface area contributed by atoms with E-state index < -0.39 is 11.9 Å². The lowest BCUT2D eigenvalue weighted by Crippen LogP contribution is -2.21. The summed E-state index contributed by atoms with van der Waals surface area (Å²) in [5.41, 5.74) is 0.977. The molecular formula is C21H17NO5. The fourth-order valence-corrected chi connectivity index (χ4v) is 2.91. The molecular weight excluding hydrogens is 346 g/mol. The van der Waals surface area contributed by atoms with Crippen molar-refractivity contribution in [2.75, 3.05) is 25.1 Å². The molecule has 1 aliphatic rings. The molecule has 1 aliphatic heterocycles. The zero-order valence-electron chi connectivity index (χ0n) is 14.4. The highest BCUT2D eigenvalue weighted by Gasteiger charge is 2.17. The quantitative estimate of drug-likeness (QED) is 0.719. The van der Waals surface area contributed by atoms with E-state index in [1.807, 2.05) is 42.5 Å². The second-order valence-corrected chi connectivity index (χ2v) is 6.01. The van der Waals surface area contributed by atoms with Gasteiger partial charge in [-0.05, 0) is 29.7 Å². The molecule has 0 atom stereocenters. The number of benzene rings is 3. The molecule has 6 nitrogen and oxygen atoms in total. The van der Waals surface area contributed by atoms with Gasteiger partial charge in [-0.2, -0.15) is 0 Å². The number of amides is 1. The first-order valence-corrected chi connectivity index (χ1v) is 8.55. The number of carbonyl (C=O) groups excluding carboxylic acids is 2. The van der Waals surface area contributed by atoms with Crippen molar-refractivity contribution in [3.8, 4) is 11.5 Å². The fourth-order valence-electron chi connectivity index (χ4n) is 2.91. The van der Waals surface area contributed by atoms with Gasteiger partial charge in [0, 0.05) is 11.1 Å². The van der Waals surface area contributed by atoms with Crippen molar-refractivity contribution in [2.24, 2.45) is 0 Å². The molecule has 1 N–H and O–H groups in total. The zero-order chi connectivity index (χ0) is 18.6. The summed E-state index contributed by atoms with van der Waals surface area (Å²) >= 11 is 0. The van der Waals surface area contributed by atoms with Gasteiger partial charge in [0.2, 0.25) is 0 Å². The highest BCUT2D eigenvalue weighted by atomic mass is 16.6. The van der Waals surface area contributed by atoms with Crippen molar-refractivity contribution in [3.05, 3.63) is 66.2 Å². The number of esters is 1. The van der Waals surface area contributed by atoms with Crippen molar-refractivity contribution in [2.45, 2.75) is 0 Å². The van der Waals surface area contributed by atoms with Crippen LogP contribution < -0.4 is 14.8 Å². The minimum Gasteiger partial charge on any atom is -0.486 e. The molecule has 6 heteroatoms. The van der Waals surface area contributed by atoms with Crippen LogP contribution in [0, 0.1) is 0 Å². The van der Waals surface area contributed by atoms with Crippen LogP contribution in [0.15, 0.2) is 60.7 Å². The summed E-state index contributed by atoms with van der Waals surface area (Å²) in [6.45, 7) is 0.528. The third kappa shape index (κ3) is 3.69. The lowest BCUT2D eigenvalue weighted by atomic mass is 10.1. The number of hydrogen-bond donors (Lipinski definition) is 1. The molecule has 0 saturated carbocycles. The van der Waals surface area contributed by atoms with E-state index in [1.165, 1.54) is 0 Å². The molecule has 1 amide bonds. The highest BCUT2D eigenvalue weighted by molar-refractivity contribution is 6.03. The normalized spacial score (nSPS) is 12.4. The van der Waals surface area contributed by atoms with E-state index in [9.17, 15) is 9.59 Å². The molecule has 0 bridgehead atoms. The van der Waals surface area contributed by atoms with Crippen LogP contribution in [0.25, 0.3) is 10.8 Å². The van der Waals surface area contributed by atoms with Crippen LogP contribution in [0.1, 0.15) is 10.4 Å². The fraction of sp³-hybridized carbons (Fsp3) is 0.143. The number of carbonyl (C=O) groups is 2. The maximum absolute atomic E-state index is 12.2. The van der Waals surface area contributed by atoms with Gasteiger partial charge in [0.25, 0.3) is 5.91 Å². The number of ether oxygens (including phenoxy) is 3. The van der Waals surface area contributed by atoms with Gasteiger partial charge in [0.15, 0.2) is 18.1 Å². The summed E-state index contributed by atoms with van der Waals surface area (Å²) in [4.78, 5) is 24.4. The molecule has 4 rings (SSSR count). The molecule has 0 fully saturated rings. The number of nitrogens with one attached hydrogen (secondary N) is 1. The lowest BCUT2D eigenvalue weighted by Gasteiger charge is -2.18. The largest absolute Gasteiger partial charge is 0.486 e. The molecule has 0 radical (unpaired) electrons. The SMILES string of the molecule is O=C(COC(=O)c1ccc2c(c1)OCCO2)Nc1cccc2ccccc12. The monoisotopic (exact) mass is 363 g/mol. The van der Waals surface area contributed by atoms with Crippen LogP contribution >= 0.6 is 0 Å². The summed E-state index contributed by atoms with van der Waals surface area (Å²) < 4.78 is 16.0. The van der Waals surface area contributed by atoms with Gasteiger partial charge < -0.3 is 19.5 Å². The second kappa shape index (κ2) is 7.37. The minimum atomic E-state index is -0.597. The van der Waals surface area contributed by atoms with Crippen molar-refractivity contribution in [1.29, 1.82) is 0 Å². The van der Waals surface area contributed by atoms with Gasteiger partial charge in [-0.25, -0.2) is 4.79 Å². The summed E-state index contributed by atoms with van der Waals surface area (Å²) in [5.74, 6) is 0.0831. The van der Waals surface area contributed by atoms with Crippen molar-refractivity contribution in [3.63, 3.8) is 0 Å². The Balaban J connectivity index is 1.39. The summed E-state index contributed by atoms with van der Waals surface area (Å²) in [7, 11) is 0. The second-order valence-electron chi connectivity index (χ2n) is 6.01. The Bertz CT molecular complexity index is 1010. The Morgan fingerprint density at radius 1 is 0.926 bits per heavy atom. The molecule has 0 aliphatic carbocycles. The average Bonchev–Trinajstić information content (AvgIpc) is 2.72. The number of rotatable bonds is 4. The Labute approximate surface area is 155 Å². The lowest BCUT2D eigenvalue weighted by molar-refractivity contribution is -0.119. The minimum absolute atomic E-state index is 0.303. The Morgan fingerprint density at radius 3 is 2.59 bits per heavy atom. The Morgan fingerprint density at radius 2 is 1.70 bits per heavy atom. The highest BCUT2D eigenvalue weighted by Crippen LogP contribution is 2.31. The van der Waals surface area contributed by atoms with Gasteiger partial charge in [-0.15, -0.1) is 0 Å². The molecule has 0 aromatic heterocycles. The summed E-state index contributed by atoms with van der Waals surface area (Å²) in [6, 6.07) is 18.1. The van der Waals surface area contributed by atoms with Crippen molar-refractivity contribution in [1.82, 2.24) is 0 Å². The van der Waals surface area contributed by atoms with Crippen LogP contribution in [0.4, 0.5) is 5.69 Å². The first-order valence-electron chi connectivity index (χ1n) is 8.55. The van der Waals surface area contributed by atoms with E-state index in [0.29, 0.717) is 36.0 Å². The van der Waals surface area contributed by atoms with E-state index in [1.54, 1.807) is 18.2 Å². The van der Waals surface area contributed by atoms with E-state index >= 15 is 0 Å². The molecule has 0 saturated heterocycles. The van der Waals surface area contributed by atoms with E-state index in [0.717, 1.165) is 10.8 Å². The third-order valence-electron chi connectivity index (χ3n) is 4.18. The molecule has 1 heterocycles. The van der Waals surface area contributed by atoms with Gasteiger partial charge >= 0.3 is 5.97 Å². The third-order valence-corrected chi connectivity index (χ3v) is 4.18. The molecule has 0 unspecified atom stereocenters. The standard InChI is InChI=1S/C21H17NO5/c23-20(22-17-7-3-5-14-4-1-2-6-16(14)17)13-27-21(24)15-8-9-18-19(12-15)26-11-10-25-18/h1-9,12H,10-11,13H2,(H,22,23). The first-order chi connectivity index (χ1) is 13.2. The predicted octanol–water partition coefficient (Wildman–Crippen LogP) is 3.41. The first kappa shape index (κ1) is 16.9. The smallest absolute Gasteiger partial charge is 0.338 e. The Hall–Kier alpha value is -3.54. The van der Waals surface area contributed by atoms with E-state index in [2.05, 4.69) is 5.32 Å². The van der Waals surface area contributed by atoms with Crippen LogP contribution in [-0.4, -0.2) is 31.7 Å². The van der Waals surface area contributed by atoms with Crippen molar-refractivity contribution < 1.29 is 23.8 Å². The topological polar surface area (TPSA) is 73.9 Å². The van der Waals surface area contributed by atoms with Crippen LogP contribution in [0.2, 0.25) is 0 Å². The number of fused-ring (bicyclic) bond motifs is 2. The predicted molar refractivity (Wildman–Crippen MR) is 100 cm³/mol. The number of hydrogen-bond acceptors (Lipinski definition) is 5. The Kier molecular flexibility index (Phi) is 4.61. The maximum Gasteiger partial charge on any atom is 0.338 e. The van der Waals surface area contributed by atoms with Gasteiger partial charge in [0.05, 0.1) is 5.56 Å². The van der Waals surface area contributed by atoms with Crippen LogP contribution in [0.5, 0.6) is 11.5 Å². The van der Waals surface area contributed by atoms with Crippen LogP contribution in [-0.2, 0) is 9.53 Å². The summed E-state index contributed by atoms with van der Waals surface area (Å²) in [6.07, 6.45) is 0. The van der Waals surface area contributed by atoms with E-state index in [-0.39, 0.29) is 6.61 Å². The van der Waals surface area contributed by atoms with Crippen molar-refractivity contribution >= 4 is 28.3 Å². The molecule has 136 valence electrons. The molecule has 3 aromatic rings. The van der Waals surface area contributed by atoms with Gasteiger partial charge in [-0.3, -0.25) is 4.79 Å². The molecule has 3 aromatic carbocycles. The van der Waals surface area contributed by atoms with Crippen LogP contribution in [0.3, 0.4) is 0 Å².